The van der Waals surface area contributed by atoms with Gasteiger partial charge in [-0.25, -0.2) is 4.98 Å². The minimum absolute atomic E-state index is 0.179. The van der Waals surface area contributed by atoms with Gasteiger partial charge >= 0.3 is 0 Å². The van der Waals surface area contributed by atoms with E-state index in [4.69, 9.17) is 10.7 Å². The maximum atomic E-state index is 6.76. The van der Waals surface area contributed by atoms with Gasteiger partial charge in [0.1, 0.15) is 5.01 Å². The largest absolute Gasteiger partial charge is 0.319 e. The summed E-state index contributed by atoms with van der Waals surface area (Å²) in [5.74, 6) is 0.527. The smallest absolute Gasteiger partial charge is 0.113 e. The van der Waals surface area contributed by atoms with Crippen molar-refractivity contribution in [2.75, 3.05) is 13.1 Å². The number of rotatable bonds is 2. The third kappa shape index (κ3) is 2.00. The number of hydrogen-bond donors (Lipinski definition) is 2. The molecule has 0 spiro atoms. The Kier molecular flexibility index (Phi) is 3.43. The van der Waals surface area contributed by atoms with Crippen molar-refractivity contribution in [2.24, 2.45) is 11.7 Å². The molecule has 0 saturated carbocycles. The Morgan fingerprint density at radius 3 is 3.06 bits per heavy atom. The van der Waals surface area contributed by atoms with E-state index in [9.17, 15) is 0 Å². The maximum absolute atomic E-state index is 6.76. The quantitative estimate of drug-likeness (QED) is 0.862. The highest BCUT2D eigenvalue weighted by atomic mass is 32.1. The molecule has 0 amide bonds. The van der Waals surface area contributed by atoms with Crippen molar-refractivity contribution in [1.29, 1.82) is 0 Å². The highest BCUT2D eigenvalue weighted by Gasteiger charge is 2.40. The molecule has 1 fully saturated rings. The number of nitrogens with one attached hydrogen (secondary N) is 1. The van der Waals surface area contributed by atoms with Crippen LogP contribution in [0.25, 0.3) is 0 Å². The molecule has 4 heteroatoms. The summed E-state index contributed by atoms with van der Waals surface area (Å²) in [4.78, 5) is 6.42. The van der Waals surface area contributed by atoms with Crippen LogP contribution in [0.3, 0.4) is 0 Å². The molecule has 0 aromatic carbocycles. The van der Waals surface area contributed by atoms with Crippen molar-refractivity contribution in [1.82, 2.24) is 10.3 Å². The van der Waals surface area contributed by atoms with Crippen LogP contribution in [0.2, 0.25) is 0 Å². The van der Waals surface area contributed by atoms with Crippen molar-refractivity contribution < 1.29 is 0 Å². The summed E-state index contributed by atoms with van der Waals surface area (Å²) in [6.07, 6.45) is 7.16. The van der Waals surface area contributed by atoms with Gasteiger partial charge in [0, 0.05) is 11.4 Å². The lowest BCUT2D eigenvalue weighted by molar-refractivity contribution is 0.199. The lowest BCUT2D eigenvalue weighted by Gasteiger charge is -2.39. The third-order valence-electron chi connectivity index (χ3n) is 4.57. The highest BCUT2D eigenvalue weighted by Crippen LogP contribution is 2.39. The Balaban J connectivity index is 1.94. The maximum Gasteiger partial charge on any atom is 0.113 e. The molecule has 1 aliphatic heterocycles. The zero-order valence-electron chi connectivity index (χ0n) is 11.2. The fraction of sp³-hybridized carbons (Fsp3) is 0.786. The Hall–Kier alpha value is -0.450. The molecule has 3 nitrogen and oxygen atoms in total. The summed E-state index contributed by atoms with van der Waals surface area (Å²) < 4.78 is 0. The van der Waals surface area contributed by atoms with E-state index in [0.717, 1.165) is 32.4 Å². The minimum Gasteiger partial charge on any atom is -0.319 e. The van der Waals surface area contributed by atoms with Gasteiger partial charge in [-0.15, -0.1) is 11.3 Å². The van der Waals surface area contributed by atoms with Crippen LogP contribution in [0, 0.1) is 5.92 Å². The number of aromatic nitrogens is 1. The van der Waals surface area contributed by atoms with E-state index < -0.39 is 0 Å². The van der Waals surface area contributed by atoms with Gasteiger partial charge in [0.25, 0.3) is 0 Å². The molecule has 2 heterocycles. The van der Waals surface area contributed by atoms with E-state index in [1.807, 2.05) is 11.3 Å². The number of aryl methyl sites for hydroxylation is 2. The predicted octanol–water partition coefficient (Wildman–Crippen LogP) is 2.20. The summed E-state index contributed by atoms with van der Waals surface area (Å²) in [5.41, 5.74) is 7.92. The topological polar surface area (TPSA) is 50.9 Å². The van der Waals surface area contributed by atoms with Gasteiger partial charge in [0.15, 0.2) is 0 Å². The molecule has 2 unspecified atom stereocenters. The van der Waals surface area contributed by atoms with Crippen LogP contribution in [0.4, 0.5) is 0 Å². The first-order valence-electron chi connectivity index (χ1n) is 7.22. The molecule has 100 valence electrons. The zero-order valence-corrected chi connectivity index (χ0v) is 12.0. The van der Waals surface area contributed by atoms with E-state index in [2.05, 4.69) is 12.2 Å². The number of piperidine rings is 1. The Bertz CT molecular complexity index is 405. The molecule has 3 rings (SSSR count). The first-order valence-corrected chi connectivity index (χ1v) is 8.04. The SMILES string of the molecule is CCC1CNCCC1(N)c1nc2c(s1)CCCC2. The van der Waals surface area contributed by atoms with Crippen molar-refractivity contribution in [3.63, 3.8) is 0 Å². The number of nitrogens with zero attached hydrogens (tertiary/aromatic N) is 1. The zero-order chi connectivity index (χ0) is 12.6. The van der Waals surface area contributed by atoms with Crippen molar-refractivity contribution in [2.45, 2.75) is 51.0 Å². The van der Waals surface area contributed by atoms with Crippen LogP contribution < -0.4 is 11.1 Å². The molecule has 3 N–H and O–H groups in total. The molecule has 1 saturated heterocycles. The molecule has 1 aromatic rings. The predicted molar refractivity (Wildman–Crippen MR) is 75.9 cm³/mol. The fourth-order valence-corrected chi connectivity index (χ4v) is 4.66. The number of hydrogen-bond acceptors (Lipinski definition) is 4. The monoisotopic (exact) mass is 265 g/mol. The van der Waals surface area contributed by atoms with Crippen molar-refractivity contribution in [3.05, 3.63) is 15.6 Å². The summed E-state index contributed by atoms with van der Waals surface area (Å²) in [6, 6.07) is 0. The van der Waals surface area contributed by atoms with Gasteiger partial charge in [-0.3, -0.25) is 0 Å². The molecular formula is C14H23N3S. The van der Waals surface area contributed by atoms with Crippen LogP contribution >= 0.6 is 11.3 Å². The number of thiazole rings is 1. The molecule has 1 aromatic heterocycles. The van der Waals surface area contributed by atoms with E-state index >= 15 is 0 Å². The average Bonchev–Trinajstić information content (AvgIpc) is 2.83. The number of fused-ring (bicyclic) bond motifs is 1. The van der Waals surface area contributed by atoms with Gasteiger partial charge in [-0.05, 0) is 51.0 Å². The third-order valence-corrected chi connectivity index (χ3v) is 5.92. The Labute approximate surface area is 113 Å². The van der Waals surface area contributed by atoms with Crippen molar-refractivity contribution in [3.8, 4) is 0 Å². The molecule has 2 aliphatic rings. The van der Waals surface area contributed by atoms with E-state index in [1.165, 1.54) is 34.8 Å². The van der Waals surface area contributed by atoms with Crippen molar-refractivity contribution >= 4 is 11.3 Å². The van der Waals surface area contributed by atoms with Gasteiger partial charge in [-0.2, -0.15) is 0 Å². The first-order chi connectivity index (χ1) is 8.74. The van der Waals surface area contributed by atoms with Crippen LogP contribution in [0.5, 0.6) is 0 Å². The van der Waals surface area contributed by atoms with E-state index in [1.54, 1.807) is 0 Å². The molecule has 2 atom stereocenters. The summed E-state index contributed by atoms with van der Waals surface area (Å²) >= 11 is 1.90. The van der Waals surface area contributed by atoms with Gasteiger partial charge in [0.2, 0.25) is 0 Å². The minimum atomic E-state index is -0.179. The van der Waals surface area contributed by atoms with Gasteiger partial charge < -0.3 is 11.1 Å². The molecular weight excluding hydrogens is 242 g/mol. The molecule has 0 bridgehead atoms. The summed E-state index contributed by atoms with van der Waals surface area (Å²) in [7, 11) is 0. The van der Waals surface area contributed by atoms with Crippen LogP contribution in [0.15, 0.2) is 0 Å². The second-order valence-electron chi connectivity index (χ2n) is 5.70. The van der Waals surface area contributed by atoms with Gasteiger partial charge in [-0.1, -0.05) is 6.92 Å². The first kappa shape index (κ1) is 12.6. The van der Waals surface area contributed by atoms with Crippen LogP contribution in [-0.4, -0.2) is 18.1 Å². The Morgan fingerprint density at radius 1 is 1.44 bits per heavy atom. The number of nitrogens with two attached hydrogens (primary N) is 1. The van der Waals surface area contributed by atoms with E-state index in [-0.39, 0.29) is 5.54 Å². The second kappa shape index (κ2) is 4.91. The second-order valence-corrected chi connectivity index (χ2v) is 6.78. The van der Waals surface area contributed by atoms with Crippen LogP contribution in [-0.2, 0) is 18.4 Å². The van der Waals surface area contributed by atoms with E-state index in [0.29, 0.717) is 5.92 Å². The lowest BCUT2D eigenvalue weighted by Crippen LogP contribution is -2.53. The Morgan fingerprint density at radius 2 is 2.28 bits per heavy atom. The highest BCUT2D eigenvalue weighted by molar-refractivity contribution is 7.11. The molecule has 1 aliphatic carbocycles. The fourth-order valence-electron chi connectivity index (χ4n) is 3.30. The average molecular weight is 265 g/mol. The summed E-state index contributed by atoms with van der Waals surface area (Å²) in [6.45, 7) is 4.31. The summed E-state index contributed by atoms with van der Waals surface area (Å²) in [5, 5.41) is 4.68. The van der Waals surface area contributed by atoms with Gasteiger partial charge in [0.05, 0.1) is 11.2 Å². The normalized spacial score (nSPS) is 32.2. The lowest BCUT2D eigenvalue weighted by atomic mass is 9.78. The molecule has 0 radical (unpaired) electrons. The molecule has 18 heavy (non-hydrogen) atoms. The standard InChI is InChI=1S/C14H23N3S/c1-2-10-9-16-8-7-14(10,15)13-17-11-5-3-4-6-12(11)18-13/h10,16H,2-9,15H2,1H3. The van der Waals surface area contributed by atoms with Crippen LogP contribution in [0.1, 0.15) is 48.2 Å².